The Morgan fingerprint density at radius 2 is 2.05 bits per heavy atom. The van der Waals surface area contributed by atoms with E-state index in [1.54, 1.807) is 7.11 Å². The number of methoxy groups -OCH3 is 1. The molecule has 2 rings (SSSR count). The van der Waals surface area contributed by atoms with Crippen LogP contribution in [0.3, 0.4) is 0 Å². The number of hydrogen-bond acceptors (Lipinski definition) is 2. The van der Waals surface area contributed by atoms with Crippen LogP contribution < -0.4 is 10.1 Å². The van der Waals surface area contributed by atoms with E-state index in [1.165, 1.54) is 31.2 Å². The third-order valence-electron chi connectivity index (χ3n) is 4.34. The molecule has 1 N–H and O–H groups in total. The van der Waals surface area contributed by atoms with Crippen molar-refractivity contribution in [3.05, 3.63) is 26.6 Å². The van der Waals surface area contributed by atoms with Gasteiger partial charge in [-0.1, -0.05) is 42.6 Å². The lowest BCUT2D eigenvalue weighted by Gasteiger charge is -2.39. The van der Waals surface area contributed by atoms with Crippen molar-refractivity contribution in [1.82, 2.24) is 5.32 Å². The Balaban J connectivity index is 2.10. The second-order valence-electron chi connectivity index (χ2n) is 6.25. The maximum Gasteiger partial charge on any atom is 0.137 e. The molecule has 0 bridgehead atoms. The molecule has 1 aromatic carbocycles. The smallest absolute Gasteiger partial charge is 0.137 e. The van der Waals surface area contributed by atoms with Gasteiger partial charge in [0.05, 0.1) is 11.6 Å². The van der Waals surface area contributed by atoms with Crippen LogP contribution >= 0.6 is 31.9 Å². The van der Waals surface area contributed by atoms with Crippen LogP contribution in [0, 0.1) is 5.41 Å². The lowest BCUT2D eigenvalue weighted by atomic mass is 9.73. The first kappa shape index (κ1) is 16.3. The van der Waals surface area contributed by atoms with Crippen molar-refractivity contribution in [2.75, 3.05) is 7.11 Å². The van der Waals surface area contributed by atoms with Crippen LogP contribution in [-0.2, 0) is 6.54 Å². The highest BCUT2D eigenvalue weighted by molar-refractivity contribution is 9.11. The molecule has 0 amide bonds. The van der Waals surface area contributed by atoms with Crippen molar-refractivity contribution >= 4 is 31.9 Å². The molecule has 0 heterocycles. The third-order valence-corrected chi connectivity index (χ3v) is 5.38. The summed E-state index contributed by atoms with van der Waals surface area (Å²) in [6.07, 6.45) is 5.27. The zero-order valence-corrected chi connectivity index (χ0v) is 15.6. The Kier molecular flexibility index (Phi) is 5.55. The van der Waals surface area contributed by atoms with E-state index >= 15 is 0 Å². The molecule has 1 saturated carbocycles. The normalized spacial score (nSPS) is 21.8. The Labute approximate surface area is 138 Å². The molecule has 1 aromatic rings. The first-order valence-electron chi connectivity index (χ1n) is 7.19. The molecule has 1 aliphatic rings. The van der Waals surface area contributed by atoms with Gasteiger partial charge in [-0.05, 0) is 46.3 Å². The van der Waals surface area contributed by atoms with Crippen LogP contribution in [0.5, 0.6) is 5.75 Å². The van der Waals surface area contributed by atoms with Crippen molar-refractivity contribution in [1.29, 1.82) is 0 Å². The second-order valence-corrected chi connectivity index (χ2v) is 8.02. The maximum absolute atomic E-state index is 5.52. The summed E-state index contributed by atoms with van der Waals surface area (Å²) in [6, 6.07) is 4.73. The van der Waals surface area contributed by atoms with Gasteiger partial charge in [0.1, 0.15) is 5.75 Å². The van der Waals surface area contributed by atoms with Crippen LogP contribution in [0.15, 0.2) is 21.1 Å². The van der Waals surface area contributed by atoms with E-state index in [9.17, 15) is 0 Å². The highest BCUT2D eigenvalue weighted by atomic mass is 79.9. The van der Waals surface area contributed by atoms with Crippen LogP contribution in [0.2, 0.25) is 0 Å². The van der Waals surface area contributed by atoms with E-state index in [0.29, 0.717) is 11.5 Å². The van der Waals surface area contributed by atoms with Crippen molar-refractivity contribution in [2.45, 2.75) is 52.1 Å². The fourth-order valence-corrected chi connectivity index (χ4v) is 4.55. The van der Waals surface area contributed by atoms with Crippen LogP contribution in [0.25, 0.3) is 0 Å². The Morgan fingerprint density at radius 3 is 2.70 bits per heavy atom. The highest BCUT2D eigenvalue weighted by Crippen LogP contribution is 2.37. The van der Waals surface area contributed by atoms with Gasteiger partial charge in [-0.15, -0.1) is 0 Å². The van der Waals surface area contributed by atoms with Gasteiger partial charge in [0.15, 0.2) is 0 Å². The number of rotatable bonds is 4. The average Bonchev–Trinajstić information content (AvgIpc) is 2.36. The summed E-state index contributed by atoms with van der Waals surface area (Å²) >= 11 is 7.12. The van der Waals surface area contributed by atoms with E-state index in [4.69, 9.17) is 4.74 Å². The van der Waals surface area contributed by atoms with Crippen LogP contribution in [0.4, 0.5) is 0 Å². The predicted octanol–water partition coefficient (Wildman–Crippen LogP) is 5.28. The molecule has 0 saturated heterocycles. The van der Waals surface area contributed by atoms with Gasteiger partial charge < -0.3 is 10.1 Å². The molecule has 0 radical (unpaired) electrons. The predicted molar refractivity (Wildman–Crippen MR) is 91.3 cm³/mol. The minimum Gasteiger partial charge on any atom is -0.495 e. The fourth-order valence-electron chi connectivity index (χ4n) is 3.08. The lowest BCUT2D eigenvalue weighted by molar-refractivity contribution is 0.166. The minimum atomic E-state index is 0.384. The van der Waals surface area contributed by atoms with E-state index in [1.807, 2.05) is 6.07 Å². The Hall–Kier alpha value is -0.0600. The molecule has 20 heavy (non-hydrogen) atoms. The first-order valence-corrected chi connectivity index (χ1v) is 8.78. The van der Waals surface area contributed by atoms with Gasteiger partial charge in [0.2, 0.25) is 0 Å². The summed E-state index contributed by atoms with van der Waals surface area (Å²) < 4.78 is 7.58. The Morgan fingerprint density at radius 1 is 1.30 bits per heavy atom. The zero-order valence-electron chi connectivity index (χ0n) is 12.4. The number of ether oxygens (including phenoxy) is 1. The van der Waals surface area contributed by atoms with Gasteiger partial charge in [-0.3, -0.25) is 0 Å². The van der Waals surface area contributed by atoms with Crippen LogP contribution in [0.1, 0.15) is 45.1 Å². The molecule has 1 unspecified atom stereocenters. The topological polar surface area (TPSA) is 21.3 Å². The zero-order chi connectivity index (χ0) is 14.8. The SMILES string of the molecule is COc1c(Br)cc(Br)cc1CNC1CCCCC1(C)C. The molecule has 4 heteroatoms. The minimum absolute atomic E-state index is 0.384. The van der Waals surface area contributed by atoms with Crippen molar-refractivity contribution in [2.24, 2.45) is 5.41 Å². The summed E-state index contributed by atoms with van der Waals surface area (Å²) in [5, 5.41) is 3.74. The molecule has 112 valence electrons. The standard InChI is InChI=1S/C16H23Br2NO/c1-16(2)7-5-4-6-14(16)19-10-11-8-12(17)9-13(18)15(11)20-3/h8-9,14,19H,4-7,10H2,1-3H3. The van der Waals surface area contributed by atoms with Gasteiger partial charge in [-0.2, -0.15) is 0 Å². The summed E-state index contributed by atoms with van der Waals surface area (Å²) in [6.45, 7) is 5.59. The van der Waals surface area contributed by atoms with E-state index in [-0.39, 0.29) is 0 Å². The first-order chi connectivity index (χ1) is 9.44. The number of nitrogens with one attached hydrogen (secondary N) is 1. The second kappa shape index (κ2) is 6.80. The van der Waals surface area contributed by atoms with E-state index in [0.717, 1.165) is 21.2 Å². The third kappa shape index (κ3) is 3.77. The molecule has 1 aliphatic carbocycles. The molecular weight excluding hydrogens is 382 g/mol. The summed E-state index contributed by atoms with van der Waals surface area (Å²) in [5.74, 6) is 0.925. The van der Waals surface area contributed by atoms with Crippen molar-refractivity contribution in [3.8, 4) is 5.75 Å². The summed E-state index contributed by atoms with van der Waals surface area (Å²) in [5.41, 5.74) is 1.57. The number of benzene rings is 1. The lowest BCUT2D eigenvalue weighted by Crippen LogP contribution is -2.43. The number of halogens is 2. The van der Waals surface area contributed by atoms with Gasteiger partial charge in [0.25, 0.3) is 0 Å². The number of hydrogen-bond donors (Lipinski definition) is 1. The average molecular weight is 405 g/mol. The molecule has 2 nitrogen and oxygen atoms in total. The molecule has 1 fully saturated rings. The molecular formula is C16H23Br2NO. The quantitative estimate of drug-likeness (QED) is 0.736. The van der Waals surface area contributed by atoms with E-state index < -0.39 is 0 Å². The van der Waals surface area contributed by atoms with Gasteiger partial charge in [0, 0.05) is 22.6 Å². The van der Waals surface area contributed by atoms with Gasteiger partial charge >= 0.3 is 0 Å². The van der Waals surface area contributed by atoms with E-state index in [2.05, 4.69) is 57.1 Å². The molecule has 0 aromatic heterocycles. The maximum atomic E-state index is 5.52. The van der Waals surface area contributed by atoms with Crippen molar-refractivity contribution in [3.63, 3.8) is 0 Å². The fraction of sp³-hybridized carbons (Fsp3) is 0.625. The highest BCUT2D eigenvalue weighted by Gasteiger charge is 2.31. The largest absolute Gasteiger partial charge is 0.495 e. The van der Waals surface area contributed by atoms with Crippen molar-refractivity contribution < 1.29 is 4.74 Å². The molecule has 0 aliphatic heterocycles. The Bertz CT molecular complexity index is 474. The monoisotopic (exact) mass is 403 g/mol. The summed E-state index contributed by atoms with van der Waals surface area (Å²) in [4.78, 5) is 0. The summed E-state index contributed by atoms with van der Waals surface area (Å²) in [7, 11) is 1.72. The molecule has 1 atom stereocenters. The molecule has 0 spiro atoms. The van der Waals surface area contributed by atoms with Crippen LogP contribution in [-0.4, -0.2) is 13.2 Å². The van der Waals surface area contributed by atoms with Gasteiger partial charge in [-0.25, -0.2) is 0 Å².